The van der Waals surface area contributed by atoms with Crippen LogP contribution in [0.1, 0.15) is 17.2 Å². The maximum Gasteiger partial charge on any atom is 0.154 e. The van der Waals surface area contributed by atoms with Gasteiger partial charge in [0, 0.05) is 13.5 Å². The lowest BCUT2D eigenvalue weighted by Crippen LogP contribution is -2.05. The Morgan fingerprint density at radius 3 is 2.89 bits per heavy atom. The van der Waals surface area contributed by atoms with Crippen LogP contribution in [0.15, 0.2) is 24.3 Å². The molecule has 0 aliphatic carbocycles. The van der Waals surface area contributed by atoms with Gasteiger partial charge in [0.25, 0.3) is 0 Å². The minimum absolute atomic E-state index is 0.405. The van der Waals surface area contributed by atoms with Gasteiger partial charge in [-0.2, -0.15) is 5.10 Å². The van der Waals surface area contributed by atoms with Crippen molar-refractivity contribution >= 4 is 0 Å². The van der Waals surface area contributed by atoms with Crippen molar-refractivity contribution in [2.24, 2.45) is 12.8 Å². The van der Waals surface area contributed by atoms with E-state index in [9.17, 15) is 0 Å². The van der Waals surface area contributed by atoms with Gasteiger partial charge in [-0.15, -0.1) is 0 Å². The zero-order chi connectivity index (χ0) is 13.0. The molecule has 18 heavy (non-hydrogen) atoms. The molecule has 1 aromatic heterocycles. The van der Waals surface area contributed by atoms with Gasteiger partial charge in [-0.05, 0) is 24.6 Å². The quantitative estimate of drug-likeness (QED) is 0.861. The second-order valence-electron chi connectivity index (χ2n) is 4.19. The van der Waals surface area contributed by atoms with E-state index in [1.54, 1.807) is 4.68 Å². The fourth-order valence-electron chi connectivity index (χ4n) is 1.72. The highest BCUT2D eigenvalue weighted by Crippen LogP contribution is 2.12. The number of aryl methyl sites for hydroxylation is 2. The molecule has 0 aliphatic heterocycles. The van der Waals surface area contributed by atoms with Gasteiger partial charge in [-0.1, -0.05) is 12.1 Å². The first-order chi connectivity index (χ1) is 8.69. The lowest BCUT2D eigenvalue weighted by molar-refractivity contribution is 0.318. The Kier molecular flexibility index (Phi) is 3.94. The fourth-order valence-corrected chi connectivity index (χ4v) is 1.72. The molecule has 0 radical (unpaired) electrons. The second-order valence-corrected chi connectivity index (χ2v) is 4.19. The SMILES string of the molecule is Cc1cccc(OCCc2nc(CN)n(C)n2)c1. The van der Waals surface area contributed by atoms with Crippen LogP contribution < -0.4 is 10.5 Å². The van der Waals surface area contributed by atoms with Gasteiger partial charge in [0.15, 0.2) is 5.82 Å². The van der Waals surface area contributed by atoms with Crippen molar-refractivity contribution in [2.45, 2.75) is 19.9 Å². The molecule has 5 nitrogen and oxygen atoms in total. The highest BCUT2D eigenvalue weighted by atomic mass is 16.5. The summed E-state index contributed by atoms with van der Waals surface area (Å²) in [6, 6.07) is 7.98. The Hall–Kier alpha value is -1.88. The Labute approximate surface area is 107 Å². The minimum atomic E-state index is 0.405. The van der Waals surface area contributed by atoms with Crippen LogP contribution in [0.5, 0.6) is 5.75 Å². The van der Waals surface area contributed by atoms with E-state index in [2.05, 4.69) is 10.1 Å². The zero-order valence-electron chi connectivity index (χ0n) is 10.8. The fraction of sp³-hybridized carbons (Fsp3) is 0.385. The van der Waals surface area contributed by atoms with E-state index in [4.69, 9.17) is 10.5 Å². The lowest BCUT2D eigenvalue weighted by atomic mass is 10.2. The third-order valence-corrected chi connectivity index (χ3v) is 2.66. The summed E-state index contributed by atoms with van der Waals surface area (Å²) in [7, 11) is 1.85. The molecule has 0 amide bonds. The van der Waals surface area contributed by atoms with E-state index < -0.39 is 0 Å². The van der Waals surface area contributed by atoms with Crippen molar-refractivity contribution in [2.75, 3.05) is 6.61 Å². The summed E-state index contributed by atoms with van der Waals surface area (Å²) in [5.74, 6) is 2.44. The summed E-state index contributed by atoms with van der Waals surface area (Å²) >= 11 is 0. The summed E-state index contributed by atoms with van der Waals surface area (Å²) in [5, 5.41) is 4.28. The molecule has 0 aliphatic rings. The molecule has 0 saturated heterocycles. The molecule has 0 bridgehead atoms. The van der Waals surface area contributed by atoms with Gasteiger partial charge in [0.2, 0.25) is 0 Å². The van der Waals surface area contributed by atoms with Gasteiger partial charge in [-0.25, -0.2) is 4.98 Å². The molecule has 5 heteroatoms. The average molecular weight is 246 g/mol. The molecule has 1 heterocycles. The van der Waals surface area contributed by atoms with Crippen molar-refractivity contribution in [3.05, 3.63) is 41.5 Å². The van der Waals surface area contributed by atoms with E-state index in [1.165, 1.54) is 5.56 Å². The maximum atomic E-state index is 5.65. The Balaban J connectivity index is 1.88. The van der Waals surface area contributed by atoms with Gasteiger partial charge in [-0.3, -0.25) is 4.68 Å². The monoisotopic (exact) mass is 246 g/mol. The Morgan fingerprint density at radius 2 is 2.22 bits per heavy atom. The van der Waals surface area contributed by atoms with Crippen molar-refractivity contribution < 1.29 is 4.74 Å². The summed E-state index contributed by atoms with van der Waals surface area (Å²) in [6.45, 7) is 3.01. The van der Waals surface area contributed by atoms with Crippen molar-refractivity contribution in [1.29, 1.82) is 0 Å². The van der Waals surface area contributed by atoms with Crippen LogP contribution in [0, 0.1) is 6.92 Å². The normalized spacial score (nSPS) is 10.6. The second kappa shape index (κ2) is 5.64. The van der Waals surface area contributed by atoms with Gasteiger partial charge in [0.1, 0.15) is 11.6 Å². The lowest BCUT2D eigenvalue weighted by Gasteiger charge is -2.04. The number of nitrogens with two attached hydrogens (primary N) is 1. The Bertz CT molecular complexity index is 521. The Morgan fingerprint density at radius 1 is 1.39 bits per heavy atom. The molecule has 0 unspecified atom stereocenters. The van der Waals surface area contributed by atoms with E-state index in [-0.39, 0.29) is 0 Å². The van der Waals surface area contributed by atoms with Crippen LogP contribution in [0.3, 0.4) is 0 Å². The van der Waals surface area contributed by atoms with Crippen molar-refractivity contribution in [3.8, 4) is 5.75 Å². The van der Waals surface area contributed by atoms with Gasteiger partial charge >= 0.3 is 0 Å². The molecular formula is C13H18N4O. The molecule has 0 saturated carbocycles. The van der Waals surface area contributed by atoms with Crippen molar-refractivity contribution in [3.63, 3.8) is 0 Å². The molecule has 1 aromatic carbocycles. The highest BCUT2D eigenvalue weighted by Gasteiger charge is 2.05. The molecule has 2 aromatic rings. The van der Waals surface area contributed by atoms with Gasteiger partial charge < -0.3 is 10.5 Å². The van der Waals surface area contributed by atoms with E-state index in [1.807, 2.05) is 38.2 Å². The number of hydrogen-bond donors (Lipinski definition) is 1. The van der Waals surface area contributed by atoms with E-state index in [0.29, 0.717) is 19.6 Å². The van der Waals surface area contributed by atoms with Crippen LogP contribution in [-0.2, 0) is 20.0 Å². The summed E-state index contributed by atoms with van der Waals surface area (Å²) in [6.07, 6.45) is 0.682. The minimum Gasteiger partial charge on any atom is -0.493 e. The first-order valence-corrected chi connectivity index (χ1v) is 5.97. The third-order valence-electron chi connectivity index (χ3n) is 2.66. The van der Waals surface area contributed by atoms with E-state index >= 15 is 0 Å². The highest BCUT2D eigenvalue weighted by molar-refractivity contribution is 5.27. The topological polar surface area (TPSA) is 66.0 Å². The smallest absolute Gasteiger partial charge is 0.154 e. The average Bonchev–Trinajstić information content (AvgIpc) is 2.70. The molecular weight excluding hydrogens is 228 g/mol. The largest absolute Gasteiger partial charge is 0.493 e. The number of benzene rings is 1. The molecule has 0 spiro atoms. The van der Waals surface area contributed by atoms with Gasteiger partial charge in [0.05, 0.1) is 13.2 Å². The molecule has 2 rings (SSSR count). The number of rotatable bonds is 5. The summed E-state index contributed by atoms with van der Waals surface area (Å²) < 4.78 is 7.36. The van der Waals surface area contributed by atoms with Crippen LogP contribution in [0.4, 0.5) is 0 Å². The molecule has 0 atom stereocenters. The predicted molar refractivity (Wildman–Crippen MR) is 69.3 cm³/mol. The van der Waals surface area contributed by atoms with Crippen LogP contribution >= 0.6 is 0 Å². The number of hydrogen-bond acceptors (Lipinski definition) is 4. The predicted octanol–water partition coefficient (Wildman–Crippen LogP) is 1.20. The molecule has 2 N–H and O–H groups in total. The van der Waals surface area contributed by atoms with Crippen LogP contribution in [-0.4, -0.2) is 21.4 Å². The summed E-state index contributed by atoms with van der Waals surface area (Å²) in [5.41, 5.74) is 6.73. The standard InChI is InChI=1S/C13H18N4O/c1-10-4-3-5-11(8-10)18-7-6-12-15-13(9-14)17(2)16-12/h3-5,8H,6-7,9,14H2,1-2H3. The van der Waals surface area contributed by atoms with Crippen molar-refractivity contribution in [1.82, 2.24) is 14.8 Å². The molecule has 96 valence electrons. The number of nitrogens with zero attached hydrogens (tertiary/aromatic N) is 3. The molecule has 0 fully saturated rings. The maximum absolute atomic E-state index is 5.65. The zero-order valence-corrected chi connectivity index (χ0v) is 10.8. The number of ether oxygens (including phenoxy) is 1. The summed E-state index contributed by atoms with van der Waals surface area (Å²) in [4.78, 5) is 4.32. The van der Waals surface area contributed by atoms with Crippen LogP contribution in [0.25, 0.3) is 0 Å². The van der Waals surface area contributed by atoms with Crippen LogP contribution in [0.2, 0.25) is 0 Å². The first-order valence-electron chi connectivity index (χ1n) is 5.97. The third kappa shape index (κ3) is 3.07. The number of aromatic nitrogens is 3. The van der Waals surface area contributed by atoms with E-state index in [0.717, 1.165) is 17.4 Å². The first kappa shape index (κ1) is 12.6.